The van der Waals surface area contributed by atoms with Gasteiger partial charge in [-0.05, 0) is 30.0 Å². The van der Waals surface area contributed by atoms with E-state index in [0.29, 0.717) is 18.3 Å². The zero-order chi connectivity index (χ0) is 23.5. The average Bonchev–Trinajstić information content (AvgIpc) is 3.37. The molecule has 34 heavy (non-hydrogen) atoms. The standard InChI is InChI=1S/C28H26N4O2/c1-3-20-14-16-23(17-15-20)26-30-27(34-31-26)24-19(2)32(18-21-10-6-4-7-11-21)28(33)29-25(24)22-12-8-5-9-13-22/h4-17,25H,3,18H2,1-2H3,(H,29,33). The van der Waals surface area contributed by atoms with Crippen LogP contribution in [0.25, 0.3) is 17.0 Å². The Morgan fingerprint density at radius 2 is 1.59 bits per heavy atom. The first-order valence-electron chi connectivity index (χ1n) is 11.4. The zero-order valence-electron chi connectivity index (χ0n) is 19.2. The van der Waals surface area contributed by atoms with Crippen LogP contribution in [0.1, 0.15) is 42.5 Å². The second-order valence-corrected chi connectivity index (χ2v) is 8.34. The molecule has 1 aromatic heterocycles. The molecule has 0 saturated carbocycles. The summed E-state index contributed by atoms with van der Waals surface area (Å²) >= 11 is 0. The second-order valence-electron chi connectivity index (χ2n) is 8.34. The smallest absolute Gasteiger partial charge is 0.322 e. The highest BCUT2D eigenvalue weighted by Gasteiger charge is 2.35. The van der Waals surface area contributed by atoms with Gasteiger partial charge in [-0.3, -0.25) is 4.90 Å². The van der Waals surface area contributed by atoms with Crippen LogP contribution in [0.5, 0.6) is 0 Å². The molecule has 4 aromatic rings. The van der Waals surface area contributed by atoms with Crippen molar-refractivity contribution in [1.82, 2.24) is 20.4 Å². The van der Waals surface area contributed by atoms with Crippen molar-refractivity contribution in [1.29, 1.82) is 0 Å². The van der Waals surface area contributed by atoms with Gasteiger partial charge in [-0.15, -0.1) is 0 Å². The van der Waals surface area contributed by atoms with E-state index < -0.39 is 6.04 Å². The Hall–Kier alpha value is -4.19. The lowest BCUT2D eigenvalue weighted by atomic mass is 9.94. The van der Waals surface area contributed by atoms with E-state index >= 15 is 0 Å². The Balaban J connectivity index is 1.57. The number of urea groups is 1. The van der Waals surface area contributed by atoms with Crippen LogP contribution in [0, 0.1) is 0 Å². The summed E-state index contributed by atoms with van der Waals surface area (Å²) in [7, 11) is 0. The molecule has 1 aliphatic heterocycles. The summed E-state index contributed by atoms with van der Waals surface area (Å²) in [6.07, 6.45) is 0.972. The number of benzene rings is 3. The van der Waals surface area contributed by atoms with E-state index in [1.807, 2.05) is 79.7 Å². The minimum Gasteiger partial charge on any atom is -0.334 e. The van der Waals surface area contributed by atoms with Gasteiger partial charge in [0.25, 0.3) is 5.89 Å². The number of hydrogen-bond acceptors (Lipinski definition) is 4. The second kappa shape index (κ2) is 9.35. The number of hydrogen-bond donors (Lipinski definition) is 1. The van der Waals surface area contributed by atoms with Crippen molar-refractivity contribution in [2.24, 2.45) is 0 Å². The highest BCUT2D eigenvalue weighted by Crippen LogP contribution is 2.37. The number of aryl methyl sites for hydroxylation is 1. The first-order valence-corrected chi connectivity index (χ1v) is 11.4. The minimum absolute atomic E-state index is 0.158. The molecule has 2 heterocycles. The molecule has 1 atom stereocenters. The van der Waals surface area contributed by atoms with Gasteiger partial charge in [0.05, 0.1) is 18.2 Å². The van der Waals surface area contributed by atoms with Crippen LogP contribution < -0.4 is 5.32 Å². The number of rotatable bonds is 6. The van der Waals surface area contributed by atoms with Crippen molar-refractivity contribution >= 4 is 11.6 Å². The van der Waals surface area contributed by atoms with Crippen molar-refractivity contribution in [3.05, 3.63) is 113 Å². The quantitative estimate of drug-likeness (QED) is 0.391. The fraction of sp³-hybridized carbons (Fsp3) is 0.179. The zero-order valence-corrected chi connectivity index (χ0v) is 19.2. The van der Waals surface area contributed by atoms with E-state index in [-0.39, 0.29) is 6.03 Å². The lowest BCUT2D eigenvalue weighted by molar-refractivity contribution is 0.203. The third kappa shape index (κ3) is 4.22. The van der Waals surface area contributed by atoms with Gasteiger partial charge in [-0.2, -0.15) is 4.98 Å². The van der Waals surface area contributed by atoms with Gasteiger partial charge in [0.1, 0.15) is 0 Å². The van der Waals surface area contributed by atoms with E-state index in [0.717, 1.165) is 34.4 Å². The van der Waals surface area contributed by atoms with Gasteiger partial charge in [-0.1, -0.05) is 97.0 Å². The van der Waals surface area contributed by atoms with Crippen molar-refractivity contribution in [2.45, 2.75) is 32.9 Å². The Morgan fingerprint density at radius 3 is 2.26 bits per heavy atom. The average molecular weight is 451 g/mol. The van der Waals surface area contributed by atoms with Crippen LogP contribution in [0.3, 0.4) is 0 Å². The Morgan fingerprint density at radius 1 is 0.912 bits per heavy atom. The van der Waals surface area contributed by atoms with Crippen LogP contribution in [0.4, 0.5) is 4.79 Å². The van der Waals surface area contributed by atoms with Gasteiger partial charge in [-0.25, -0.2) is 4.79 Å². The molecular weight excluding hydrogens is 424 g/mol. The lowest BCUT2D eigenvalue weighted by Crippen LogP contribution is -2.45. The van der Waals surface area contributed by atoms with Crippen LogP contribution in [-0.4, -0.2) is 21.1 Å². The van der Waals surface area contributed by atoms with Crippen LogP contribution in [0.15, 0.2) is 95.1 Å². The maximum absolute atomic E-state index is 13.2. The molecule has 0 spiro atoms. The molecule has 1 N–H and O–H groups in total. The monoisotopic (exact) mass is 450 g/mol. The van der Waals surface area contributed by atoms with Crippen LogP contribution in [0.2, 0.25) is 0 Å². The molecule has 3 aromatic carbocycles. The summed E-state index contributed by atoms with van der Waals surface area (Å²) in [4.78, 5) is 19.6. The predicted molar refractivity (Wildman–Crippen MR) is 131 cm³/mol. The summed E-state index contributed by atoms with van der Waals surface area (Å²) < 4.78 is 5.77. The van der Waals surface area contributed by atoms with E-state index in [4.69, 9.17) is 9.51 Å². The summed E-state index contributed by atoms with van der Waals surface area (Å²) in [5, 5.41) is 7.40. The molecule has 0 saturated heterocycles. The minimum atomic E-state index is -0.392. The molecule has 0 aliphatic carbocycles. The van der Waals surface area contributed by atoms with Gasteiger partial charge in [0, 0.05) is 11.3 Å². The summed E-state index contributed by atoms with van der Waals surface area (Å²) in [6, 6.07) is 27.4. The number of allylic oxidation sites excluding steroid dienone is 1. The molecule has 6 heteroatoms. The number of amides is 2. The third-order valence-electron chi connectivity index (χ3n) is 6.19. The first kappa shape index (κ1) is 21.6. The SMILES string of the molecule is CCc1ccc(-c2noc(C3=C(C)N(Cc4ccccc4)C(=O)NC3c3ccccc3)n2)cc1. The molecule has 1 unspecified atom stereocenters. The van der Waals surface area contributed by atoms with Crippen molar-refractivity contribution in [3.8, 4) is 11.4 Å². The molecule has 0 bridgehead atoms. The summed E-state index contributed by atoms with van der Waals surface area (Å²) in [5.74, 6) is 0.926. The Bertz CT molecular complexity index is 1310. The maximum atomic E-state index is 13.2. The molecular formula is C28H26N4O2. The largest absolute Gasteiger partial charge is 0.334 e. The molecule has 2 amide bonds. The van der Waals surface area contributed by atoms with Crippen molar-refractivity contribution < 1.29 is 9.32 Å². The normalized spacial score (nSPS) is 16.0. The molecule has 1 aliphatic rings. The molecule has 0 radical (unpaired) electrons. The molecule has 5 rings (SSSR count). The highest BCUT2D eigenvalue weighted by atomic mass is 16.5. The topological polar surface area (TPSA) is 71.3 Å². The van der Waals surface area contributed by atoms with Crippen molar-refractivity contribution in [2.75, 3.05) is 0 Å². The number of carbonyl (C=O) groups is 1. The summed E-state index contributed by atoms with van der Waals surface area (Å²) in [6.45, 7) is 4.51. The van der Waals surface area contributed by atoms with E-state index in [2.05, 4.69) is 29.5 Å². The molecule has 0 fully saturated rings. The fourth-order valence-corrected chi connectivity index (χ4v) is 4.25. The molecule has 170 valence electrons. The lowest BCUT2D eigenvalue weighted by Gasteiger charge is -2.35. The van der Waals surface area contributed by atoms with Gasteiger partial charge in [0.15, 0.2) is 0 Å². The van der Waals surface area contributed by atoms with Crippen LogP contribution in [-0.2, 0) is 13.0 Å². The molecule has 6 nitrogen and oxygen atoms in total. The summed E-state index contributed by atoms with van der Waals surface area (Å²) in [5.41, 5.74) is 5.72. The first-order chi connectivity index (χ1) is 16.6. The Kier molecular flexibility index (Phi) is 5.95. The van der Waals surface area contributed by atoms with E-state index in [9.17, 15) is 4.79 Å². The number of carbonyl (C=O) groups excluding carboxylic acids is 1. The number of nitrogens with zero attached hydrogens (tertiary/aromatic N) is 3. The van der Waals surface area contributed by atoms with Gasteiger partial charge in [0.2, 0.25) is 5.82 Å². The van der Waals surface area contributed by atoms with Crippen molar-refractivity contribution in [3.63, 3.8) is 0 Å². The number of nitrogens with one attached hydrogen (secondary N) is 1. The van der Waals surface area contributed by atoms with Gasteiger partial charge < -0.3 is 9.84 Å². The van der Waals surface area contributed by atoms with Gasteiger partial charge >= 0.3 is 6.03 Å². The highest BCUT2D eigenvalue weighted by molar-refractivity contribution is 5.86. The Labute approximate surface area is 198 Å². The van der Waals surface area contributed by atoms with E-state index in [1.165, 1.54) is 5.56 Å². The van der Waals surface area contributed by atoms with E-state index in [1.54, 1.807) is 4.90 Å². The maximum Gasteiger partial charge on any atom is 0.322 e. The van der Waals surface area contributed by atoms with Crippen LogP contribution >= 0.6 is 0 Å². The predicted octanol–water partition coefficient (Wildman–Crippen LogP) is 6.00. The number of aromatic nitrogens is 2. The third-order valence-corrected chi connectivity index (χ3v) is 6.19. The fourth-order valence-electron chi connectivity index (χ4n) is 4.25.